The summed E-state index contributed by atoms with van der Waals surface area (Å²) in [6, 6.07) is 1.89. The van der Waals surface area contributed by atoms with E-state index in [0.29, 0.717) is 17.7 Å². The molecule has 6 N–H and O–H groups in total. The highest BCUT2D eigenvalue weighted by molar-refractivity contribution is 6.22. The minimum Gasteiger partial charge on any atom is -0.508 e. The number of aliphatic hydroxyl groups is 3. The largest absolute Gasteiger partial charge is 0.508 e. The van der Waals surface area contributed by atoms with Gasteiger partial charge in [-0.05, 0) is 36.8 Å². The molecule has 0 bridgehead atoms. The highest BCUT2D eigenvalue weighted by Gasteiger charge is 2.60. The number of Topliss-reactive ketones (excluding diaryl/α,β-unsaturated/α-hetero) is 2. The highest BCUT2D eigenvalue weighted by Crippen LogP contribution is 2.53. The normalized spacial score (nSPS) is 27.6. The molecular formula is C27H31N3O7. The fraction of sp³-hybridized carbons (Fsp3) is 0.444. The van der Waals surface area contributed by atoms with Gasteiger partial charge in [-0.25, -0.2) is 0 Å². The fourth-order valence-corrected chi connectivity index (χ4v) is 6.32. The number of aliphatic hydroxyl groups excluding tert-OH is 2. The van der Waals surface area contributed by atoms with Crippen molar-refractivity contribution < 1.29 is 34.8 Å². The summed E-state index contributed by atoms with van der Waals surface area (Å²) in [5.74, 6) is -6.17. The third kappa shape index (κ3) is 3.66. The molecule has 3 unspecified atom stereocenters. The zero-order valence-electron chi connectivity index (χ0n) is 20.8. The molecule has 1 aromatic rings. The third-order valence-corrected chi connectivity index (χ3v) is 8.14. The van der Waals surface area contributed by atoms with Gasteiger partial charge >= 0.3 is 0 Å². The minimum atomic E-state index is -2.56. The van der Waals surface area contributed by atoms with Crippen LogP contribution in [0.4, 0.5) is 5.69 Å². The number of anilines is 1. The van der Waals surface area contributed by atoms with Crippen molar-refractivity contribution in [1.82, 2.24) is 4.90 Å². The Labute approximate surface area is 214 Å². The molecule has 3 atom stereocenters. The van der Waals surface area contributed by atoms with E-state index in [-0.39, 0.29) is 36.1 Å². The average Bonchev–Trinajstić information content (AvgIpc) is 2.83. The molecule has 1 saturated carbocycles. The van der Waals surface area contributed by atoms with Gasteiger partial charge < -0.3 is 31.1 Å². The summed E-state index contributed by atoms with van der Waals surface area (Å²) in [6.45, 7) is 1.98. The van der Waals surface area contributed by atoms with Crippen molar-refractivity contribution in [2.24, 2.45) is 17.6 Å². The van der Waals surface area contributed by atoms with E-state index in [1.807, 2.05) is 25.1 Å². The number of ketones is 2. The molecular weight excluding hydrogens is 478 g/mol. The first-order valence-electron chi connectivity index (χ1n) is 12.4. The lowest BCUT2D eigenvalue weighted by Crippen LogP contribution is -2.58. The van der Waals surface area contributed by atoms with Crippen LogP contribution in [-0.4, -0.2) is 75.6 Å². The first-order valence-corrected chi connectivity index (χ1v) is 12.4. The van der Waals surface area contributed by atoms with Crippen LogP contribution in [-0.2, 0) is 27.3 Å². The van der Waals surface area contributed by atoms with Crippen LogP contribution in [0.25, 0.3) is 5.76 Å². The van der Waals surface area contributed by atoms with Gasteiger partial charge in [-0.2, -0.15) is 0 Å². The molecule has 1 amide bonds. The lowest BCUT2D eigenvalue weighted by Gasteiger charge is -2.46. The van der Waals surface area contributed by atoms with Crippen LogP contribution in [0.2, 0.25) is 0 Å². The maximum absolute atomic E-state index is 13.7. The molecule has 0 radical (unpaired) electrons. The topological polar surface area (TPSA) is 165 Å². The highest BCUT2D eigenvalue weighted by atomic mass is 16.3. The van der Waals surface area contributed by atoms with Crippen LogP contribution in [0.5, 0.6) is 5.75 Å². The number of primary amides is 1. The first-order chi connectivity index (χ1) is 17.5. The third-order valence-electron chi connectivity index (χ3n) is 8.14. The van der Waals surface area contributed by atoms with Gasteiger partial charge in [0.1, 0.15) is 22.8 Å². The number of amides is 1. The van der Waals surface area contributed by atoms with Gasteiger partial charge in [0.05, 0.1) is 5.56 Å². The molecule has 0 saturated heterocycles. The Balaban J connectivity index is 1.66. The van der Waals surface area contributed by atoms with Crippen molar-refractivity contribution in [2.45, 2.75) is 37.8 Å². The Morgan fingerprint density at radius 2 is 1.92 bits per heavy atom. The van der Waals surface area contributed by atoms with Crippen molar-refractivity contribution in [3.05, 3.63) is 51.8 Å². The molecule has 1 aliphatic heterocycles. The standard InChI is InChI=1S/C27H31N3O7/c1-29(2)17-10-14(12-30-6-4-3-5-7-30)22(32)20-16(17)9-13-8-15-11-18(31)21(26(28)36)25(35)27(15,37)24(34)19(13)23(20)33/h3-4,10,13,15,32-33,35,37H,5-9,11-12H2,1-2H3,(H2,28,36). The number of hydrogen-bond donors (Lipinski definition) is 5. The van der Waals surface area contributed by atoms with E-state index in [1.54, 1.807) is 0 Å². The van der Waals surface area contributed by atoms with Crippen molar-refractivity contribution in [3.8, 4) is 5.75 Å². The summed E-state index contributed by atoms with van der Waals surface area (Å²) in [4.78, 5) is 42.1. The number of nitrogens with zero attached hydrogens (tertiary/aromatic N) is 2. The van der Waals surface area contributed by atoms with Crippen molar-refractivity contribution in [3.63, 3.8) is 0 Å². The van der Waals surface area contributed by atoms with E-state index in [2.05, 4.69) is 17.1 Å². The van der Waals surface area contributed by atoms with Gasteiger partial charge in [-0.15, -0.1) is 0 Å². The van der Waals surface area contributed by atoms with Crippen LogP contribution in [0.1, 0.15) is 36.0 Å². The number of carbonyl (C=O) groups excluding carboxylic acids is 3. The van der Waals surface area contributed by atoms with E-state index < -0.39 is 52.0 Å². The maximum atomic E-state index is 13.7. The molecule has 4 aliphatic rings. The monoisotopic (exact) mass is 509 g/mol. The summed E-state index contributed by atoms with van der Waals surface area (Å²) in [6.07, 6.45) is 5.11. The quantitative estimate of drug-likeness (QED) is 0.297. The van der Waals surface area contributed by atoms with Crippen LogP contribution in [0.3, 0.4) is 0 Å². The van der Waals surface area contributed by atoms with Crippen LogP contribution >= 0.6 is 0 Å². The SMILES string of the molecule is CN(C)c1cc(CN2CC=CCC2)c(O)c2c1CC1CC3CC(=O)C(C(N)=O)=C(O)C3(O)C(=O)C1=C2O. The summed E-state index contributed by atoms with van der Waals surface area (Å²) < 4.78 is 0. The second kappa shape index (κ2) is 8.74. The van der Waals surface area contributed by atoms with E-state index in [9.17, 15) is 34.8 Å². The molecule has 37 heavy (non-hydrogen) atoms. The molecule has 10 heteroatoms. The number of fused-ring (bicyclic) bond motifs is 3. The summed E-state index contributed by atoms with van der Waals surface area (Å²) in [7, 11) is 3.71. The minimum absolute atomic E-state index is 0.110. The number of hydrogen-bond acceptors (Lipinski definition) is 9. The zero-order chi connectivity index (χ0) is 26.8. The van der Waals surface area contributed by atoms with Crippen molar-refractivity contribution in [1.29, 1.82) is 0 Å². The van der Waals surface area contributed by atoms with Gasteiger partial charge in [0.15, 0.2) is 11.4 Å². The second-order valence-corrected chi connectivity index (χ2v) is 10.6. The predicted octanol–water partition coefficient (Wildman–Crippen LogP) is 1.25. The average molecular weight is 510 g/mol. The van der Waals surface area contributed by atoms with Crippen molar-refractivity contribution >= 4 is 28.9 Å². The lowest BCUT2D eigenvalue weighted by molar-refractivity contribution is -0.147. The summed E-state index contributed by atoms with van der Waals surface area (Å²) >= 11 is 0. The molecule has 10 nitrogen and oxygen atoms in total. The van der Waals surface area contributed by atoms with Gasteiger partial charge in [0.2, 0.25) is 5.78 Å². The summed E-state index contributed by atoms with van der Waals surface area (Å²) in [5.41, 5.74) is 3.92. The molecule has 0 aromatic heterocycles. The number of aromatic hydroxyl groups is 1. The van der Waals surface area contributed by atoms with Crippen LogP contribution in [0, 0.1) is 11.8 Å². The lowest BCUT2D eigenvalue weighted by atomic mass is 9.59. The Morgan fingerprint density at radius 3 is 2.54 bits per heavy atom. The summed E-state index contributed by atoms with van der Waals surface area (Å²) in [5, 5.41) is 44.9. The molecule has 3 aliphatic carbocycles. The molecule has 1 heterocycles. The maximum Gasteiger partial charge on any atom is 0.255 e. The first kappa shape index (κ1) is 25.0. The van der Waals surface area contributed by atoms with Gasteiger partial charge in [0, 0.05) is 62.9 Å². The van der Waals surface area contributed by atoms with Gasteiger partial charge in [-0.3, -0.25) is 19.3 Å². The number of benzene rings is 1. The van der Waals surface area contributed by atoms with E-state index in [0.717, 1.165) is 25.2 Å². The van der Waals surface area contributed by atoms with Crippen LogP contribution < -0.4 is 10.6 Å². The fourth-order valence-electron chi connectivity index (χ4n) is 6.32. The van der Waals surface area contributed by atoms with Gasteiger partial charge in [-0.1, -0.05) is 12.2 Å². The smallest absolute Gasteiger partial charge is 0.255 e. The molecule has 196 valence electrons. The Kier molecular flexibility index (Phi) is 5.91. The zero-order valence-corrected chi connectivity index (χ0v) is 20.8. The number of rotatable bonds is 4. The van der Waals surface area contributed by atoms with Crippen LogP contribution in [0.15, 0.2) is 35.1 Å². The van der Waals surface area contributed by atoms with Crippen molar-refractivity contribution in [2.75, 3.05) is 32.1 Å². The number of phenols is 1. The Bertz CT molecular complexity index is 1330. The predicted molar refractivity (Wildman–Crippen MR) is 135 cm³/mol. The Morgan fingerprint density at radius 1 is 1.19 bits per heavy atom. The van der Waals surface area contributed by atoms with Gasteiger partial charge in [0.25, 0.3) is 5.91 Å². The molecule has 1 aromatic carbocycles. The number of carbonyl (C=O) groups is 3. The van der Waals surface area contributed by atoms with E-state index in [1.165, 1.54) is 0 Å². The Hall–Kier alpha value is -3.63. The van der Waals surface area contributed by atoms with E-state index in [4.69, 9.17) is 5.73 Å². The molecule has 0 spiro atoms. The molecule has 1 fully saturated rings. The number of nitrogens with two attached hydrogens (primary N) is 1. The second-order valence-electron chi connectivity index (χ2n) is 10.6. The molecule has 5 rings (SSSR count). The van der Waals surface area contributed by atoms with E-state index >= 15 is 0 Å². The number of phenolic OH excluding ortho intramolecular Hbond substituents is 1.